The fourth-order valence-corrected chi connectivity index (χ4v) is 8.42. The van der Waals surface area contributed by atoms with Crippen molar-refractivity contribution in [3.8, 4) is 0 Å². The van der Waals surface area contributed by atoms with E-state index >= 15 is 0 Å². The Morgan fingerprint density at radius 3 is 1.96 bits per heavy atom. The van der Waals surface area contributed by atoms with Crippen LogP contribution in [0.1, 0.15) is 38.8 Å². The molecule has 3 atom stereocenters. The lowest BCUT2D eigenvalue weighted by atomic mass is 9.78. The highest BCUT2D eigenvalue weighted by Crippen LogP contribution is 2.61. The van der Waals surface area contributed by atoms with Crippen molar-refractivity contribution >= 4 is 49.5 Å². The lowest BCUT2D eigenvalue weighted by Crippen LogP contribution is -2.71. The number of β-lactam (4-membered cyclic amide) rings is 1. The SMILES string of the molecule is C[C@@H](O[Si](C)(C)C(C)(C)C)[C@H]1C(=O)N2C(C(=O)O)=C(COC(=O)OCc3ccc([N+](=O)[O-])cc3)S[C@]12Cc1ccc([N+](=O)[O-])cc1. The second kappa shape index (κ2) is 12.8. The predicted molar refractivity (Wildman–Crippen MR) is 169 cm³/mol. The lowest BCUT2D eigenvalue weighted by molar-refractivity contribution is -0.385. The van der Waals surface area contributed by atoms with Gasteiger partial charge in [-0.3, -0.25) is 29.9 Å². The Balaban J connectivity index is 1.58. The number of nitrogens with zero attached hydrogens (tertiary/aromatic N) is 3. The molecule has 46 heavy (non-hydrogen) atoms. The van der Waals surface area contributed by atoms with Crippen LogP contribution in [0.25, 0.3) is 0 Å². The van der Waals surface area contributed by atoms with Gasteiger partial charge in [-0.1, -0.05) is 44.7 Å². The van der Waals surface area contributed by atoms with Crippen molar-refractivity contribution in [1.82, 2.24) is 4.90 Å². The fraction of sp³-hybridized carbons (Fsp3) is 0.433. The average molecular weight is 674 g/mol. The number of carbonyl (C=O) groups is 3. The second-order valence-corrected chi connectivity index (χ2v) is 18.8. The molecule has 2 heterocycles. The van der Waals surface area contributed by atoms with E-state index in [9.17, 15) is 39.7 Å². The number of carboxylic acid groups (broad SMARTS) is 1. The van der Waals surface area contributed by atoms with Gasteiger partial charge in [0, 0.05) is 30.7 Å². The highest BCUT2D eigenvalue weighted by atomic mass is 32.2. The molecule has 0 aromatic heterocycles. The van der Waals surface area contributed by atoms with Gasteiger partial charge >= 0.3 is 12.1 Å². The van der Waals surface area contributed by atoms with E-state index in [1.165, 1.54) is 41.3 Å². The van der Waals surface area contributed by atoms with E-state index in [1.807, 2.05) is 0 Å². The van der Waals surface area contributed by atoms with Gasteiger partial charge in [-0.15, -0.1) is 0 Å². The van der Waals surface area contributed by atoms with Crippen molar-refractivity contribution in [1.29, 1.82) is 0 Å². The number of benzene rings is 2. The van der Waals surface area contributed by atoms with Gasteiger partial charge in [0.2, 0.25) is 5.91 Å². The molecule has 0 bridgehead atoms. The van der Waals surface area contributed by atoms with Crippen molar-refractivity contribution in [2.45, 2.75) is 69.8 Å². The Morgan fingerprint density at radius 2 is 1.48 bits per heavy atom. The Labute approximate surface area is 270 Å². The topological polar surface area (TPSA) is 189 Å². The van der Waals surface area contributed by atoms with Gasteiger partial charge in [-0.05, 0) is 48.3 Å². The minimum absolute atomic E-state index is 0.112. The third-order valence-electron chi connectivity index (χ3n) is 8.53. The van der Waals surface area contributed by atoms with Crippen LogP contribution < -0.4 is 0 Å². The van der Waals surface area contributed by atoms with E-state index in [0.29, 0.717) is 11.1 Å². The van der Waals surface area contributed by atoms with Crippen LogP contribution in [0.4, 0.5) is 16.2 Å². The largest absolute Gasteiger partial charge is 0.508 e. The molecule has 14 nitrogen and oxygen atoms in total. The van der Waals surface area contributed by atoms with Crippen LogP contribution >= 0.6 is 11.8 Å². The van der Waals surface area contributed by atoms with E-state index < -0.39 is 59.7 Å². The normalized spacial score (nSPS) is 20.1. The number of fused-ring (bicyclic) bond motifs is 1. The highest BCUT2D eigenvalue weighted by Gasteiger charge is 2.69. The van der Waals surface area contributed by atoms with Crippen LogP contribution in [-0.2, 0) is 36.5 Å². The van der Waals surface area contributed by atoms with Crippen molar-refractivity contribution in [3.63, 3.8) is 0 Å². The zero-order valence-electron chi connectivity index (χ0n) is 26.2. The van der Waals surface area contributed by atoms with Crippen LogP contribution in [0.15, 0.2) is 59.1 Å². The molecule has 2 aliphatic rings. The minimum atomic E-state index is -2.37. The van der Waals surface area contributed by atoms with Crippen LogP contribution in [0.3, 0.4) is 0 Å². The number of amides is 1. The van der Waals surface area contributed by atoms with Gasteiger partial charge in [0.25, 0.3) is 11.4 Å². The first kappa shape index (κ1) is 34.6. The fourth-order valence-electron chi connectivity index (χ4n) is 5.25. The number of rotatable bonds is 12. The number of aliphatic carboxylic acids is 1. The maximum Gasteiger partial charge on any atom is 0.508 e. The van der Waals surface area contributed by atoms with Gasteiger partial charge in [0.05, 0.1) is 26.8 Å². The van der Waals surface area contributed by atoms with E-state index in [1.54, 1.807) is 19.1 Å². The first-order valence-electron chi connectivity index (χ1n) is 14.3. The van der Waals surface area contributed by atoms with Crippen molar-refractivity contribution in [2.75, 3.05) is 6.61 Å². The van der Waals surface area contributed by atoms with Crippen molar-refractivity contribution in [2.24, 2.45) is 5.92 Å². The van der Waals surface area contributed by atoms with E-state index in [-0.39, 0.29) is 40.0 Å². The monoisotopic (exact) mass is 673 g/mol. The Bertz CT molecular complexity index is 1590. The number of carbonyl (C=O) groups excluding carboxylic acids is 2. The lowest BCUT2D eigenvalue weighted by Gasteiger charge is -2.56. The molecule has 0 unspecified atom stereocenters. The summed E-state index contributed by atoms with van der Waals surface area (Å²) in [5, 5.41) is 32.1. The number of hydrogen-bond donors (Lipinski definition) is 1. The van der Waals surface area contributed by atoms with E-state index in [2.05, 4.69) is 33.9 Å². The molecule has 246 valence electrons. The van der Waals surface area contributed by atoms with Gasteiger partial charge in [-0.25, -0.2) is 9.59 Å². The predicted octanol–water partition coefficient (Wildman–Crippen LogP) is 6.01. The standard InChI is InChI=1S/C30H35N3O11SSi/c1-18(44-46(5,6)29(2,3)4)24-26(34)31-25(27(35)36)23(45-30(24,31)15-19-7-11-21(12-8-19)32(38)39)17-43-28(37)42-16-20-9-13-22(14-10-20)33(40)41/h7-14,18,24H,15-17H2,1-6H3,(H,35,36)/t18-,24+,30-/m1/s1. The zero-order valence-corrected chi connectivity index (χ0v) is 28.0. The van der Waals surface area contributed by atoms with Gasteiger partial charge in [0.15, 0.2) is 8.32 Å². The summed E-state index contributed by atoms with van der Waals surface area (Å²) in [5.74, 6) is -2.61. The Hall–Kier alpha value is -4.28. The summed E-state index contributed by atoms with van der Waals surface area (Å²) < 4.78 is 17.0. The van der Waals surface area contributed by atoms with Crippen molar-refractivity contribution in [3.05, 3.63) is 90.5 Å². The summed E-state index contributed by atoms with van der Waals surface area (Å²) in [5.41, 5.74) is 0.546. The molecule has 2 aromatic carbocycles. The molecule has 0 radical (unpaired) electrons. The maximum absolute atomic E-state index is 13.8. The Morgan fingerprint density at radius 1 is 0.978 bits per heavy atom. The van der Waals surface area contributed by atoms with Crippen LogP contribution in [0, 0.1) is 26.1 Å². The quantitative estimate of drug-likeness (QED) is 0.0910. The zero-order chi connectivity index (χ0) is 34.2. The molecule has 1 fully saturated rings. The summed E-state index contributed by atoms with van der Waals surface area (Å²) in [7, 11) is -2.37. The molecule has 4 rings (SSSR count). The number of carboxylic acids is 1. The van der Waals surface area contributed by atoms with E-state index in [0.717, 1.165) is 11.8 Å². The molecule has 0 aliphatic carbocycles. The first-order valence-corrected chi connectivity index (χ1v) is 18.0. The molecule has 1 amide bonds. The summed E-state index contributed by atoms with van der Waals surface area (Å²) in [6, 6.07) is 11.2. The second-order valence-electron chi connectivity index (χ2n) is 12.6. The summed E-state index contributed by atoms with van der Waals surface area (Å²) in [6.45, 7) is 11.4. The number of thioether (sulfide) groups is 1. The molecular formula is C30H35N3O11SSi. The number of hydrogen-bond acceptors (Lipinski definition) is 11. The first-order chi connectivity index (χ1) is 21.4. The maximum atomic E-state index is 13.8. The smallest absolute Gasteiger partial charge is 0.477 e. The average Bonchev–Trinajstić information content (AvgIpc) is 3.24. The number of nitro groups is 2. The molecule has 1 N–H and O–H groups in total. The molecular weight excluding hydrogens is 638 g/mol. The number of non-ortho nitro benzene ring substituents is 2. The molecule has 2 aliphatic heterocycles. The third-order valence-corrected chi connectivity index (χ3v) is 14.6. The van der Waals surface area contributed by atoms with Crippen LogP contribution in [0.2, 0.25) is 18.1 Å². The summed E-state index contributed by atoms with van der Waals surface area (Å²) in [4.78, 5) is 59.9. The number of nitro benzene ring substituents is 2. The van der Waals surface area contributed by atoms with Crippen molar-refractivity contribution < 1.29 is 43.2 Å². The molecule has 16 heteroatoms. The van der Waals surface area contributed by atoms with Crippen LogP contribution in [0.5, 0.6) is 0 Å². The highest BCUT2D eigenvalue weighted by molar-refractivity contribution is 8.04. The third kappa shape index (κ3) is 6.78. The molecule has 1 saturated heterocycles. The van der Waals surface area contributed by atoms with Gasteiger partial charge < -0.3 is 19.0 Å². The molecule has 0 spiro atoms. The molecule has 0 saturated carbocycles. The van der Waals surface area contributed by atoms with Crippen LogP contribution in [-0.4, -0.2) is 63.8 Å². The summed E-state index contributed by atoms with van der Waals surface area (Å²) >= 11 is 1.09. The number of ether oxygens (including phenoxy) is 2. The van der Waals surface area contributed by atoms with Gasteiger partial charge in [0.1, 0.15) is 23.8 Å². The Kier molecular flexibility index (Phi) is 9.66. The summed E-state index contributed by atoms with van der Waals surface area (Å²) in [6.07, 6.45) is -1.56. The van der Waals surface area contributed by atoms with Gasteiger partial charge in [-0.2, -0.15) is 0 Å². The molecule has 2 aromatic rings. The van der Waals surface area contributed by atoms with E-state index in [4.69, 9.17) is 13.9 Å². The minimum Gasteiger partial charge on any atom is -0.477 e.